The quantitative estimate of drug-likeness (QED) is 0.786. The molecule has 0 spiro atoms. The number of rotatable bonds is 3. The number of hydrogen-bond donors (Lipinski definition) is 1. The van der Waals surface area contributed by atoms with E-state index in [0.29, 0.717) is 6.47 Å². The first-order valence-corrected chi connectivity index (χ1v) is 4.58. The number of hydrogen-bond acceptors (Lipinski definition) is 2. The molecule has 0 radical (unpaired) electrons. The van der Waals surface area contributed by atoms with Crippen LogP contribution in [-0.2, 0) is 9.53 Å². The minimum atomic E-state index is -0.377. The summed E-state index contributed by atoms with van der Waals surface area (Å²) in [7, 11) is 0. The fourth-order valence-corrected chi connectivity index (χ4v) is 1.61. The average Bonchev–Trinajstić information content (AvgIpc) is 2.60. The van der Waals surface area contributed by atoms with Crippen molar-refractivity contribution >= 4 is 17.4 Å². The van der Waals surface area contributed by atoms with Gasteiger partial charge in [0.2, 0.25) is 0 Å². The molecule has 3 nitrogen and oxygen atoms in total. The second kappa shape index (κ2) is 3.73. The van der Waals surface area contributed by atoms with Gasteiger partial charge in [-0.15, -0.1) is 0 Å². The molecule has 0 aliphatic rings. The van der Waals surface area contributed by atoms with Gasteiger partial charge in [0.1, 0.15) is 11.9 Å². The molecule has 0 saturated heterocycles. The number of carbonyl (C=O) groups is 1. The number of halogens is 1. The van der Waals surface area contributed by atoms with Gasteiger partial charge in [-0.05, 0) is 25.1 Å². The Balaban J connectivity index is 2.51. The number of aromatic amines is 1. The van der Waals surface area contributed by atoms with Gasteiger partial charge >= 0.3 is 0 Å². The molecule has 0 amide bonds. The SMILES string of the molecule is CC(OC=O)c1c[nH]c2ccc(F)cc12. The highest BCUT2D eigenvalue weighted by molar-refractivity contribution is 5.83. The van der Waals surface area contributed by atoms with E-state index in [0.717, 1.165) is 16.5 Å². The Bertz CT molecular complexity index is 492. The Morgan fingerprint density at radius 2 is 2.33 bits per heavy atom. The number of carbonyl (C=O) groups excluding carboxylic acids is 1. The van der Waals surface area contributed by atoms with Crippen LogP contribution < -0.4 is 0 Å². The minimum Gasteiger partial charge on any atom is -0.460 e. The van der Waals surface area contributed by atoms with E-state index in [1.54, 1.807) is 19.2 Å². The van der Waals surface area contributed by atoms with Gasteiger partial charge in [0.15, 0.2) is 0 Å². The first-order chi connectivity index (χ1) is 7.22. The molecule has 0 aliphatic carbocycles. The van der Waals surface area contributed by atoms with Crippen molar-refractivity contribution in [3.63, 3.8) is 0 Å². The van der Waals surface area contributed by atoms with E-state index in [1.807, 2.05) is 0 Å². The Hall–Kier alpha value is -1.84. The molecule has 0 saturated carbocycles. The maximum atomic E-state index is 13.0. The Labute approximate surface area is 85.9 Å². The molecule has 78 valence electrons. The second-order valence-electron chi connectivity index (χ2n) is 3.31. The van der Waals surface area contributed by atoms with Gasteiger partial charge in [0, 0.05) is 22.7 Å². The van der Waals surface area contributed by atoms with Gasteiger partial charge in [-0.1, -0.05) is 0 Å². The van der Waals surface area contributed by atoms with Crippen molar-refractivity contribution in [3.05, 3.63) is 35.8 Å². The summed E-state index contributed by atoms with van der Waals surface area (Å²) in [6.07, 6.45) is 1.34. The summed E-state index contributed by atoms with van der Waals surface area (Å²) in [6.45, 7) is 2.13. The fraction of sp³-hybridized carbons (Fsp3) is 0.182. The summed E-state index contributed by atoms with van der Waals surface area (Å²) in [6, 6.07) is 4.46. The smallest absolute Gasteiger partial charge is 0.293 e. The summed E-state index contributed by atoms with van der Waals surface area (Å²) < 4.78 is 17.8. The summed E-state index contributed by atoms with van der Waals surface area (Å²) in [5.41, 5.74) is 1.60. The van der Waals surface area contributed by atoms with Crippen LogP contribution in [0.2, 0.25) is 0 Å². The van der Waals surface area contributed by atoms with Crippen molar-refractivity contribution < 1.29 is 13.9 Å². The highest BCUT2D eigenvalue weighted by Gasteiger charge is 2.12. The Morgan fingerprint density at radius 1 is 1.53 bits per heavy atom. The molecule has 1 heterocycles. The number of fused-ring (bicyclic) bond motifs is 1. The third-order valence-electron chi connectivity index (χ3n) is 2.37. The van der Waals surface area contributed by atoms with Crippen molar-refractivity contribution in [2.24, 2.45) is 0 Å². The largest absolute Gasteiger partial charge is 0.460 e. The lowest BCUT2D eigenvalue weighted by atomic mass is 10.1. The molecule has 1 N–H and O–H groups in total. The van der Waals surface area contributed by atoms with E-state index in [9.17, 15) is 9.18 Å². The number of aromatic nitrogens is 1. The highest BCUT2D eigenvalue weighted by atomic mass is 19.1. The fourth-order valence-electron chi connectivity index (χ4n) is 1.61. The standard InChI is InChI=1S/C11H10FNO2/c1-7(15-6-14)10-5-13-11-3-2-8(12)4-9(10)11/h2-7,13H,1H3. The van der Waals surface area contributed by atoms with Crippen molar-refractivity contribution in [1.29, 1.82) is 0 Å². The third-order valence-corrected chi connectivity index (χ3v) is 2.37. The number of nitrogens with one attached hydrogen (secondary N) is 1. The van der Waals surface area contributed by atoms with Crippen LogP contribution in [0.3, 0.4) is 0 Å². The number of H-pyrrole nitrogens is 1. The van der Waals surface area contributed by atoms with E-state index in [1.165, 1.54) is 12.1 Å². The van der Waals surface area contributed by atoms with Crippen LogP contribution in [0, 0.1) is 5.82 Å². The Morgan fingerprint density at radius 3 is 3.07 bits per heavy atom. The summed E-state index contributed by atoms with van der Waals surface area (Å²) in [5.74, 6) is -0.304. The number of benzene rings is 1. The molecule has 0 aliphatic heterocycles. The maximum absolute atomic E-state index is 13.0. The minimum absolute atomic E-state index is 0.304. The normalized spacial score (nSPS) is 12.7. The molecular formula is C11H10FNO2. The predicted octanol–water partition coefficient (Wildman–Crippen LogP) is 2.54. The van der Waals surface area contributed by atoms with Crippen molar-refractivity contribution in [3.8, 4) is 0 Å². The molecule has 15 heavy (non-hydrogen) atoms. The van der Waals surface area contributed by atoms with E-state index >= 15 is 0 Å². The molecule has 0 bridgehead atoms. The molecule has 1 aromatic heterocycles. The van der Waals surface area contributed by atoms with Crippen molar-refractivity contribution in [2.45, 2.75) is 13.0 Å². The summed E-state index contributed by atoms with van der Waals surface area (Å²) in [5, 5.41) is 0.740. The molecule has 2 aromatic rings. The Kier molecular flexibility index (Phi) is 2.41. The van der Waals surface area contributed by atoms with Crippen molar-refractivity contribution in [2.75, 3.05) is 0 Å². The predicted molar refractivity (Wildman–Crippen MR) is 53.8 cm³/mol. The van der Waals surface area contributed by atoms with Crippen LogP contribution in [0.15, 0.2) is 24.4 Å². The monoisotopic (exact) mass is 207 g/mol. The van der Waals surface area contributed by atoms with E-state index in [-0.39, 0.29) is 11.9 Å². The summed E-state index contributed by atoms with van der Waals surface area (Å²) >= 11 is 0. The van der Waals surface area contributed by atoms with Crippen LogP contribution in [0.4, 0.5) is 4.39 Å². The molecular weight excluding hydrogens is 197 g/mol. The van der Waals surface area contributed by atoms with Gasteiger partial charge in [0.25, 0.3) is 6.47 Å². The zero-order chi connectivity index (χ0) is 10.8. The van der Waals surface area contributed by atoms with Crippen LogP contribution >= 0.6 is 0 Å². The van der Waals surface area contributed by atoms with E-state index in [2.05, 4.69) is 4.98 Å². The lowest BCUT2D eigenvalue weighted by Gasteiger charge is -2.07. The molecule has 2 rings (SSSR count). The van der Waals surface area contributed by atoms with Gasteiger partial charge in [-0.25, -0.2) is 4.39 Å². The lowest BCUT2D eigenvalue weighted by molar-refractivity contribution is -0.133. The van der Waals surface area contributed by atoms with Crippen molar-refractivity contribution in [1.82, 2.24) is 4.98 Å². The van der Waals surface area contributed by atoms with Gasteiger partial charge in [0.05, 0.1) is 0 Å². The second-order valence-corrected chi connectivity index (χ2v) is 3.31. The van der Waals surface area contributed by atoms with Crippen LogP contribution in [-0.4, -0.2) is 11.5 Å². The van der Waals surface area contributed by atoms with Gasteiger partial charge < -0.3 is 9.72 Å². The lowest BCUT2D eigenvalue weighted by Crippen LogP contribution is -1.96. The first-order valence-electron chi connectivity index (χ1n) is 4.58. The zero-order valence-corrected chi connectivity index (χ0v) is 8.16. The van der Waals surface area contributed by atoms with E-state index in [4.69, 9.17) is 4.74 Å². The molecule has 1 atom stereocenters. The van der Waals surface area contributed by atoms with Gasteiger partial charge in [-0.3, -0.25) is 4.79 Å². The topological polar surface area (TPSA) is 42.1 Å². The molecule has 1 aromatic carbocycles. The highest BCUT2D eigenvalue weighted by Crippen LogP contribution is 2.26. The summed E-state index contributed by atoms with van der Waals surface area (Å²) in [4.78, 5) is 13.2. The van der Waals surface area contributed by atoms with Crippen LogP contribution in [0.5, 0.6) is 0 Å². The van der Waals surface area contributed by atoms with Crippen LogP contribution in [0.1, 0.15) is 18.6 Å². The molecule has 4 heteroatoms. The van der Waals surface area contributed by atoms with Gasteiger partial charge in [-0.2, -0.15) is 0 Å². The maximum Gasteiger partial charge on any atom is 0.293 e. The average molecular weight is 207 g/mol. The number of ether oxygens (including phenoxy) is 1. The third kappa shape index (κ3) is 1.70. The molecule has 0 fully saturated rings. The first kappa shape index (κ1) is 9.71. The van der Waals surface area contributed by atoms with Crippen LogP contribution in [0.25, 0.3) is 10.9 Å². The zero-order valence-electron chi connectivity index (χ0n) is 8.16. The van der Waals surface area contributed by atoms with E-state index < -0.39 is 0 Å². The molecule has 1 unspecified atom stereocenters.